The molecule has 0 aliphatic heterocycles. The van der Waals surface area contributed by atoms with E-state index in [1.807, 2.05) is 12.1 Å². The lowest BCUT2D eigenvalue weighted by atomic mass is 9.57. The van der Waals surface area contributed by atoms with Gasteiger partial charge in [0.2, 0.25) is 0 Å². The highest BCUT2D eigenvalue weighted by atomic mass is 16.3. The maximum atomic E-state index is 12.3. The lowest BCUT2D eigenvalue weighted by molar-refractivity contribution is -0.128. The molecule has 1 aromatic carbocycles. The molecule has 1 N–H and O–H groups in total. The molecule has 3 aliphatic rings. The molecule has 4 rings (SSSR count). The number of carbonyl (C=O) groups excluding carboxylic acids is 1. The summed E-state index contributed by atoms with van der Waals surface area (Å²) in [6.45, 7) is 4.29. The Balaban J connectivity index is 1.80. The fourth-order valence-corrected chi connectivity index (χ4v) is 5.24. The van der Waals surface area contributed by atoms with E-state index in [4.69, 9.17) is 0 Å². The fraction of sp³-hybridized carbons (Fsp3) is 0.526. The minimum Gasteiger partial charge on any atom is -0.508 e. The smallest absolute Gasteiger partial charge is 0.139 e. The fourth-order valence-electron chi connectivity index (χ4n) is 5.24. The topological polar surface area (TPSA) is 37.3 Å². The lowest BCUT2D eigenvalue weighted by Gasteiger charge is -2.46. The van der Waals surface area contributed by atoms with E-state index in [-0.39, 0.29) is 5.41 Å². The van der Waals surface area contributed by atoms with Crippen LogP contribution >= 0.6 is 0 Å². The number of fused-ring (bicyclic) bond motifs is 5. The van der Waals surface area contributed by atoms with Gasteiger partial charge in [0.05, 0.1) is 0 Å². The van der Waals surface area contributed by atoms with Crippen LogP contribution in [0.5, 0.6) is 5.75 Å². The van der Waals surface area contributed by atoms with Gasteiger partial charge in [-0.15, -0.1) is 0 Å². The zero-order valence-electron chi connectivity index (χ0n) is 12.7. The van der Waals surface area contributed by atoms with Crippen molar-refractivity contribution in [2.75, 3.05) is 0 Å². The van der Waals surface area contributed by atoms with E-state index in [0.717, 1.165) is 25.7 Å². The van der Waals surface area contributed by atoms with Crippen molar-refractivity contribution in [1.82, 2.24) is 0 Å². The number of Topliss-reactive ketones (excluding diaryl/α,β-unsaturated/α-hetero) is 1. The summed E-state index contributed by atoms with van der Waals surface area (Å²) < 4.78 is 0. The largest absolute Gasteiger partial charge is 0.508 e. The molecule has 0 saturated heterocycles. The van der Waals surface area contributed by atoms with Gasteiger partial charge in [0.1, 0.15) is 11.5 Å². The van der Waals surface area contributed by atoms with Crippen LogP contribution in [0.3, 0.4) is 0 Å². The van der Waals surface area contributed by atoms with E-state index in [0.29, 0.717) is 29.3 Å². The SMILES string of the molecule is Cc1cc(O)cc2c1[C@H]1CC[C@]3(C)C(=O)CC[C@H]3[C@@H]1C=C2. The third kappa shape index (κ3) is 1.68. The molecule has 0 amide bonds. The maximum absolute atomic E-state index is 12.3. The molecule has 3 aliphatic carbocycles. The second-order valence-electron chi connectivity index (χ2n) is 7.33. The summed E-state index contributed by atoms with van der Waals surface area (Å²) >= 11 is 0. The van der Waals surface area contributed by atoms with Crippen LogP contribution in [0.2, 0.25) is 0 Å². The van der Waals surface area contributed by atoms with Crippen molar-refractivity contribution < 1.29 is 9.90 Å². The van der Waals surface area contributed by atoms with Crippen LogP contribution in [-0.2, 0) is 4.79 Å². The first-order valence-electron chi connectivity index (χ1n) is 8.06. The van der Waals surface area contributed by atoms with Gasteiger partial charge in [0, 0.05) is 11.8 Å². The predicted octanol–water partition coefficient (Wildman–Crippen LogP) is 4.21. The van der Waals surface area contributed by atoms with Crippen molar-refractivity contribution >= 4 is 11.9 Å². The summed E-state index contributed by atoms with van der Waals surface area (Å²) in [5.41, 5.74) is 3.68. The zero-order chi connectivity index (χ0) is 14.8. The molecule has 0 unspecified atom stereocenters. The van der Waals surface area contributed by atoms with Gasteiger partial charge in [-0.3, -0.25) is 4.79 Å². The number of carbonyl (C=O) groups is 1. The van der Waals surface area contributed by atoms with Crippen LogP contribution in [0, 0.1) is 24.2 Å². The Hall–Kier alpha value is -1.57. The maximum Gasteiger partial charge on any atom is 0.139 e. The summed E-state index contributed by atoms with van der Waals surface area (Å²) in [6.07, 6.45) is 8.40. The number of benzene rings is 1. The van der Waals surface area contributed by atoms with Gasteiger partial charge in [-0.2, -0.15) is 0 Å². The van der Waals surface area contributed by atoms with Gasteiger partial charge in [-0.05, 0) is 72.8 Å². The van der Waals surface area contributed by atoms with Crippen molar-refractivity contribution in [2.45, 2.75) is 45.4 Å². The van der Waals surface area contributed by atoms with Crippen molar-refractivity contribution in [3.8, 4) is 5.75 Å². The summed E-state index contributed by atoms with van der Waals surface area (Å²) in [7, 11) is 0. The molecule has 0 heterocycles. The highest BCUT2D eigenvalue weighted by Crippen LogP contribution is 2.59. The van der Waals surface area contributed by atoms with Crippen LogP contribution in [-0.4, -0.2) is 10.9 Å². The summed E-state index contributed by atoms with van der Waals surface area (Å²) in [5.74, 6) is 2.35. The Kier molecular flexibility index (Phi) is 2.64. The highest BCUT2D eigenvalue weighted by Gasteiger charge is 2.53. The first-order chi connectivity index (χ1) is 10.0. The van der Waals surface area contributed by atoms with Crippen LogP contribution in [0.15, 0.2) is 18.2 Å². The second kappa shape index (κ2) is 4.22. The Morgan fingerprint density at radius 2 is 2.10 bits per heavy atom. The number of aryl methyl sites for hydroxylation is 1. The number of rotatable bonds is 0. The average Bonchev–Trinajstić information content (AvgIpc) is 2.74. The van der Waals surface area contributed by atoms with E-state index in [2.05, 4.69) is 26.0 Å². The Morgan fingerprint density at radius 3 is 2.90 bits per heavy atom. The van der Waals surface area contributed by atoms with E-state index in [1.54, 1.807) is 0 Å². The molecule has 4 atom stereocenters. The Morgan fingerprint density at radius 1 is 1.29 bits per heavy atom. The van der Waals surface area contributed by atoms with E-state index >= 15 is 0 Å². The van der Waals surface area contributed by atoms with Gasteiger partial charge in [-0.1, -0.05) is 19.1 Å². The van der Waals surface area contributed by atoms with Crippen molar-refractivity contribution in [3.05, 3.63) is 34.9 Å². The molecule has 2 fully saturated rings. The first-order valence-corrected chi connectivity index (χ1v) is 8.06. The Labute approximate surface area is 125 Å². The number of aromatic hydroxyl groups is 1. The van der Waals surface area contributed by atoms with Gasteiger partial charge >= 0.3 is 0 Å². The predicted molar refractivity (Wildman–Crippen MR) is 83.2 cm³/mol. The van der Waals surface area contributed by atoms with Crippen LogP contribution in [0.4, 0.5) is 0 Å². The first kappa shape index (κ1) is 13.1. The molecular formula is C19H22O2. The number of hydrogen-bond acceptors (Lipinski definition) is 2. The molecule has 1 aromatic rings. The molecule has 2 heteroatoms. The van der Waals surface area contributed by atoms with E-state index in [1.165, 1.54) is 16.7 Å². The minimum absolute atomic E-state index is 0.0895. The average molecular weight is 282 g/mol. The molecule has 0 bridgehead atoms. The van der Waals surface area contributed by atoms with Gasteiger partial charge in [0.15, 0.2) is 0 Å². The molecule has 0 aromatic heterocycles. The quantitative estimate of drug-likeness (QED) is 0.774. The third-order valence-corrected chi connectivity index (χ3v) is 6.31. The van der Waals surface area contributed by atoms with Gasteiger partial charge in [0.25, 0.3) is 0 Å². The Bertz CT molecular complexity index is 658. The number of phenols is 1. The number of phenolic OH excluding ortho intramolecular Hbond substituents is 1. The molecular weight excluding hydrogens is 260 g/mol. The number of hydrogen-bond donors (Lipinski definition) is 1. The molecule has 2 saturated carbocycles. The molecule has 110 valence electrons. The number of ketones is 1. The monoisotopic (exact) mass is 282 g/mol. The lowest BCUT2D eigenvalue weighted by Crippen LogP contribution is -2.41. The summed E-state index contributed by atoms with van der Waals surface area (Å²) in [5, 5.41) is 9.81. The van der Waals surface area contributed by atoms with E-state index < -0.39 is 0 Å². The van der Waals surface area contributed by atoms with E-state index in [9.17, 15) is 9.90 Å². The minimum atomic E-state index is -0.0895. The number of allylic oxidation sites excluding steroid dienone is 1. The van der Waals surface area contributed by atoms with Gasteiger partial charge < -0.3 is 5.11 Å². The van der Waals surface area contributed by atoms with Crippen molar-refractivity contribution in [1.29, 1.82) is 0 Å². The summed E-state index contributed by atoms with van der Waals surface area (Å²) in [6, 6.07) is 3.76. The van der Waals surface area contributed by atoms with Crippen molar-refractivity contribution in [2.24, 2.45) is 17.3 Å². The molecule has 2 nitrogen and oxygen atoms in total. The second-order valence-corrected chi connectivity index (χ2v) is 7.33. The highest BCUT2D eigenvalue weighted by molar-refractivity contribution is 5.87. The van der Waals surface area contributed by atoms with Crippen LogP contribution in [0.1, 0.15) is 55.2 Å². The van der Waals surface area contributed by atoms with Gasteiger partial charge in [-0.25, -0.2) is 0 Å². The molecule has 21 heavy (non-hydrogen) atoms. The standard InChI is InChI=1S/C19H22O2/c1-11-9-13(20)10-12-3-4-14-15(18(11)12)7-8-19(2)16(14)5-6-17(19)21/h3-4,9-10,14-16,20H,5-8H2,1-2H3/t14-,15+,16+,19+/m1/s1. The third-order valence-electron chi connectivity index (χ3n) is 6.31. The molecule has 0 spiro atoms. The van der Waals surface area contributed by atoms with Crippen LogP contribution in [0.25, 0.3) is 6.08 Å². The van der Waals surface area contributed by atoms with Crippen molar-refractivity contribution in [3.63, 3.8) is 0 Å². The summed E-state index contributed by atoms with van der Waals surface area (Å²) in [4.78, 5) is 12.3. The molecule has 0 radical (unpaired) electrons. The van der Waals surface area contributed by atoms with Crippen LogP contribution < -0.4 is 0 Å². The normalized spacial score (nSPS) is 37.0. The zero-order valence-corrected chi connectivity index (χ0v) is 12.7.